The first-order valence-corrected chi connectivity index (χ1v) is 5.95. The van der Waals surface area contributed by atoms with Gasteiger partial charge in [-0.3, -0.25) is 0 Å². The second-order valence-electron chi connectivity index (χ2n) is 5.49. The van der Waals surface area contributed by atoms with Crippen molar-refractivity contribution in [1.82, 2.24) is 4.90 Å². The fourth-order valence-electron chi connectivity index (χ4n) is 1.88. The van der Waals surface area contributed by atoms with Crippen LogP contribution in [0.25, 0.3) is 0 Å². The SMILES string of the molecule is CC(C)(C)OC(=O)N1CCC(CC(=O)[O-])CC1.[Li+]. The van der Waals surface area contributed by atoms with E-state index < -0.39 is 11.6 Å². The van der Waals surface area contributed by atoms with Gasteiger partial charge in [-0.05, 0) is 46.0 Å². The summed E-state index contributed by atoms with van der Waals surface area (Å²) in [6, 6.07) is 0. The Hall–Kier alpha value is -0.663. The van der Waals surface area contributed by atoms with Crippen LogP contribution in [0.15, 0.2) is 0 Å². The molecule has 0 aliphatic carbocycles. The van der Waals surface area contributed by atoms with E-state index in [1.165, 1.54) is 0 Å². The molecule has 1 saturated heterocycles. The van der Waals surface area contributed by atoms with Gasteiger partial charge in [0.1, 0.15) is 5.60 Å². The fourth-order valence-corrected chi connectivity index (χ4v) is 1.88. The number of carbonyl (C=O) groups is 2. The summed E-state index contributed by atoms with van der Waals surface area (Å²) < 4.78 is 5.25. The largest absolute Gasteiger partial charge is 1.00 e. The molecule has 0 aromatic rings. The van der Waals surface area contributed by atoms with Crippen molar-refractivity contribution in [3.05, 3.63) is 0 Å². The molecule has 0 atom stereocenters. The number of amides is 1. The predicted octanol–water partition coefficient (Wildman–Crippen LogP) is -2.22. The molecule has 1 aliphatic heterocycles. The molecule has 0 aromatic heterocycles. The van der Waals surface area contributed by atoms with Crippen LogP contribution in [0.4, 0.5) is 4.79 Å². The van der Waals surface area contributed by atoms with Gasteiger partial charge in [0, 0.05) is 19.1 Å². The maximum atomic E-state index is 11.7. The Bertz CT molecular complexity index is 293. The number of nitrogens with zero attached hydrogens (tertiary/aromatic N) is 1. The minimum absolute atomic E-state index is 0. The number of piperidine rings is 1. The molecule has 18 heavy (non-hydrogen) atoms. The van der Waals surface area contributed by atoms with E-state index in [9.17, 15) is 14.7 Å². The second kappa shape index (κ2) is 7.06. The van der Waals surface area contributed by atoms with Crippen LogP contribution in [0.1, 0.15) is 40.0 Å². The topological polar surface area (TPSA) is 69.7 Å². The third-order valence-electron chi connectivity index (χ3n) is 2.72. The number of carboxylic acid groups (broad SMARTS) is 1. The van der Waals surface area contributed by atoms with E-state index in [0.717, 1.165) is 0 Å². The van der Waals surface area contributed by atoms with Crippen molar-refractivity contribution in [2.45, 2.75) is 45.6 Å². The van der Waals surface area contributed by atoms with Gasteiger partial charge in [-0.1, -0.05) is 0 Å². The van der Waals surface area contributed by atoms with E-state index in [0.29, 0.717) is 25.9 Å². The second-order valence-corrected chi connectivity index (χ2v) is 5.49. The summed E-state index contributed by atoms with van der Waals surface area (Å²) in [6.45, 7) is 6.61. The van der Waals surface area contributed by atoms with E-state index in [4.69, 9.17) is 4.74 Å². The van der Waals surface area contributed by atoms with Gasteiger partial charge in [0.05, 0.1) is 0 Å². The molecule has 5 nitrogen and oxygen atoms in total. The molecule has 0 unspecified atom stereocenters. The standard InChI is InChI=1S/C12H21NO4.Li/c1-12(2,3)17-11(16)13-6-4-9(5-7-13)8-10(14)15;/h9H,4-8H2,1-3H3,(H,14,15);/q;+1/p-1. The molecule has 0 aromatic carbocycles. The van der Waals surface area contributed by atoms with Crippen molar-refractivity contribution in [2.75, 3.05) is 13.1 Å². The number of likely N-dealkylation sites (tertiary alicyclic amines) is 1. The minimum Gasteiger partial charge on any atom is -0.550 e. The van der Waals surface area contributed by atoms with Crippen molar-refractivity contribution in [3.63, 3.8) is 0 Å². The van der Waals surface area contributed by atoms with Gasteiger partial charge in [-0.15, -0.1) is 0 Å². The van der Waals surface area contributed by atoms with Gasteiger partial charge >= 0.3 is 25.0 Å². The third-order valence-corrected chi connectivity index (χ3v) is 2.72. The molecule has 1 amide bonds. The van der Waals surface area contributed by atoms with Crippen molar-refractivity contribution < 1.29 is 38.3 Å². The van der Waals surface area contributed by atoms with Crippen LogP contribution < -0.4 is 24.0 Å². The molecular formula is C12H20LiNO4. The Morgan fingerprint density at radius 2 is 1.78 bits per heavy atom. The number of rotatable bonds is 2. The van der Waals surface area contributed by atoms with Crippen LogP contribution in [0.3, 0.4) is 0 Å². The number of carboxylic acids is 1. The molecule has 1 heterocycles. The van der Waals surface area contributed by atoms with E-state index in [-0.39, 0.29) is 37.3 Å². The van der Waals surface area contributed by atoms with E-state index >= 15 is 0 Å². The van der Waals surface area contributed by atoms with Crippen LogP contribution in [-0.4, -0.2) is 35.7 Å². The zero-order chi connectivity index (χ0) is 13.1. The van der Waals surface area contributed by atoms with Gasteiger partial charge in [0.2, 0.25) is 0 Å². The van der Waals surface area contributed by atoms with Crippen molar-refractivity contribution in [3.8, 4) is 0 Å². The first-order chi connectivity index (χ1) is 7.78. The van der Waals surface area contributed by atoms with Gasteiger partial charge < -0.3 is 19.5 Å². The van der Waals surface area contributed by atoms with Crippen molar-refractivity contribution in [1.29, 1.82) is 0 Å². The number of ether oxygens (including phenoxy) is 1. The smallest absolute Gasteiger partial charge is 0.550 e. The minimum atomic E-state index is -1.01. The average molecular weight is 249 g/mol. The van der Waals surface area contributed by atoms with E-state index in [2.05, 4.69) is 0 Å². The Kier molecular flexibility index (Phi) is 6.80. The van der Waals surface area contributed by atoms with Crippen molar-refractivity contribution in [2.24, 2.45) is 5.92 Å². The number of carbonyl (C=O) groups excluding carboxylic acids is 2. The molecule has 1 fully saturated rings. The quantitative estimate of drug-likeness (QED) is 0.520. The molecule has 1 rings (SSSR count). The summed E-state index contributed by atoms with van der Waals surface area (Å²) in [7, 11) is 0. The maximum absolute atomic E-state index is 11.7. The van der Waals surface area contributed by atoms with Crippen LogP contribution in [0.2, 0.25) is 0 Å². The molecule has 0 radical (unpaired) electrons. The molecule has 6 heteroatoms. The molecule has 0 N–H and O–H groups in total. The normalized spacial score (nSPS) is 16.9. The van der Waals surface area contributed by atoms with Crippen molar-refractivity contribution >= 4 is 12.1 Å². The maximum Gasteiger partial charge on any atom is 1.00 e. The first-order valence-electron chi connectivity index (χ1n) is 5.95. The molecular weight excluding hydrogens is 229 g/mol. The monoisotopic (exact) mass is 249 g/mol. The summed E-state index contributed by atoms with van der Waals surface area (Å²) in [6.07, 6.45) is 1.17. The number of hydrogen-bond acceptors (Lipinski definition) is 4. The van der Waals surface area contributed by atoms with Crippen LogP contribution >= 0.6 is 0 Å². The average Bonchev–Trinajstić information content (AvgIpc) is 2.15. The van der Waals surface area contributed by atoms with Crippen LogP contribution in [0, 0.1) is 5.92 Å². The fraction of sp³-hybridized carbons (Fsp3) is 0.833. The molecule has 0 spiro atoms. The molecule has 1 aliphatic rings. The van der Waals surface area contributed by atoms with E-state index in [1.54, 1.807) is 4.90 Å². The van der Waals surface area contributed by atoms with Gasteiger partial charge in [0.15, 0.2) is 0 Å². The van der Waals surface area contributed by atoms with Crippen LogP contribution in [0.5, 0.6) is 0 Å². The summed E-state index contributed by atoms with van der Waals surface area (Å²) in [5.74, 6) is -0.889. The van der Waals surface area contributed by atoms with Gasteiger partial charge in [0.25, 0.3) is 0 Å². The third kappa shape index (κ3) is 6.32. The summed E-state index contributed by atoms with van der Waals surface area (Å²) in [5, 5.41) is 10.5. The van der Waals surface area contributed by atoms with Gasteiger partial charge in [-0.2, -0.15) is 0 Å². The number of hydrogen-bond donors (Lipinski definition) is 0. The summed E-state index contributed by atoms with van der Waals surface area (Å²) in [5.41, 5.74) is -0.487. The first kappa shape index (κ1) is 17.3. The molecule has 98 valence electrons. The Balaban J connectivity index is 0.00000289. The summed E-state index contributed by atoms with van der Waals surface area (Å²) >= 11 is 0. The molecule has 0 bridgehead atoms. The Morgan fingerprint density at radius 3 is 2.17 bits per heavy atom. The summed E-state index contributed by atoms with van der Waals surface area (Å²) in [4.78, 5) is 23.8. The Labute approximate surface area is 120 Å². The van der Waals surface area contributed by atoms with E-state index in [1.807, 2.05) is 20.8 Å². The molecule has 0 saturated carbocycles. The Morgan fingerprint density at radius 1 is 1.28 bits per heavy atom. The van der Waals surface area contributed by atoms with Crippen LogP contribution in [-0.2, 0) is 9.53 Å². The zero-order valence-electron chi connectivity index (χ0n) is 11.7. The zero-order valence-corrected chi connectivity index (χ0v) is 11.7. The number of aliphatic carboxylic acids is 1. The van der Waals surface area contributed by atoms with Gasteiger partial charge in [-0.25, -0.2) is 4.79 Å². The predicted molar refractivity (Wildman–Crippen MR) is 60.2 cm³/mol.